The summed E-state index contributed by atoms with van der Waals surface area (Å²) in [5, 5.41) is 3.51. The quantitative estimate of drug-likeness (QED) is 0.910. The predicted molar refractivity (Wildman–Crippen MR) is 79.5 cm³/mol. The van der Waals surface area contributed by atoms with E-state index in [2.05, 4.69) is 31.0 Å². The molecular weight excluding hydrogens is 277 g/mol. The predicted octanol–water partition coefficient (Wildman–Crippen LogP) is 3.92. The van der Waals surface area contributed by atoms with Crippen LogP contribution in [-0.4, -0.2) is 25.2 Å². The van der Waals surface area contributed by atoms with Gasteiger partial charge in [0.05, 0.1) is 5.56 Å². The van der Waals surface area contributed by atoms with Crippen LogP contribution in [0.2, 0.25) is 0 Å². The zero-order chi connectivity index (χ0) is 15.6. The van der Waals surface area contributed by atoms with Crippen LogP contribution in [0.5, 0.6) is 0 Å². The number of benzene rings is 1. The van der Waals surface area contributed by atoms with Crippen molar-refractivity contribution in [2.75, 3.05) is 18.0 Å². The van der Waals surface area contributed by atoms with E-state index in [-0.39, 0.29) is 0 Å². The Morgan fingerprint density at radius 3 is 2.33 bits per heavy atom. The molecule has 1 aromatic rings. The Balaban J connectivity index is 2.23. The van der Waals surface area contributed by atoms with Gasteiger partial charge >= 0.3 is 6.18 Å². The van der Waals surface area contributed by atoms with Crippen LogP contribution in [-0.2, 0) is 6.18 Å². The van der Waals surface area contributed by atoms with Crippen LogP contribution in [0.4, 0.5) is 18.9 Å². The highest BCUT2D eigenvalue weighted by Gasteiger charge is 2.32. The van der Waals surface area contributed by atoms with E-state index in [9.17, 15) is 13.2 Å². The molecule has 1 aromatic carbocycles. The van der Waals surface area contributed by atoms with E-state index >= 15 is 0 Å². The first-order valence-electron chi connectivity index (χ1n) is 7.50. The number of rotatable bonds is 3. The summed E-state index contributed by atoms with van der Waals surface area (Å²) in [6, 6.07) is 6.24. The molecule has 0 amide bonds. The standard InChI is InChI=1S/C16H23F3N2/c1-4-13-10-21(15(9-20-13)11(2)3)14-7-5-12(6-8-14)16(17,18)19/h5-8,11,13,15,20H,4,9-10H2,1-3H3. The molecule has 0 saturated carbocycles. The fourth-order valence-corrected chi connectivity index (χ4v) is 2.84. The van der Waals surface area contributed by atoms with Crippen molar-refractivity contribution in [1.29, 1.82) is 0 Å². The number of hydrogen-bond acceptors (Lipinski definition) is 2. The zero-order valence-electron chi connectivity index (χ0n) is 12.7. The Morgan fingerprint density at radius 2 is 1.86 bits per heavy atom. The van der Waals surface area contributed by atoms with Crippen molar-refractivity contribution >= 4 is 5.69 Å². The lowest BCUT2D eigenvalue weighted by atomic mass is 9.96. The maximum absolute atomic E-state index is 12.7. The molecule has 5 heteroatoms. The molecular formula is C16H23F3N2. The minimum absolute atomic E-state index is 0.310. The van der Waals surface area contributed by atoms with E-state index in [0.29, 0.717) is 18.0 Å². The van der Waals surface area contributed by atoms with E-state index < -0.39 is 11.7 Å². The summed E-state index contributed by atoms with van der Waals surface area (Å²) in [7, 11) is 0. The summed E-state index contributed by atoms with van der Waals surface area (Å²) in [5.41, 5.74) is 0.288. The topological polar surface area (TPSA) is 15.3 Å². The highest BCUT2D eigenvalue weighted by atomic mass is 19.4. The van der Waals surface area contributed by atoms with Crippen LogP contribution in [0.25, 0.3) is 0 Å². The fourth-order valence-electron chi connectivity index (χ4n) is 2.84. The maximum Gasteiger partial charge on any atom is 0.416 e. The van der Waals surface area contributed by atoms with Gasteiger partial charge in [-0.25, -0.2) is 0 Å². The monoisotopic (exact) mass is 300 g/mol. The number of alkyl halides is 3. The molecule has 2 unspecified atom stereocenters. The van der Waals surface area contributed by atoms with Crippen LogP contribution < -0.4 is 10.2 Å². The third-order valence-corrected chi connectivity index (χ3v) is 4.22. The van der Waals surface area contributed by atoms with Crippen molar-refractivity contribution < 1.29 is 13.2 Å². The number of anilines is 1. The molecule has 0 aliphatic carbocycles. The SMILES string of the molecule is CCC1CN(c2ccc(C(F)(F)F)cc2)C(C(C)C)CN1. The van der Waals surface area contributed by atoms with Gasteiger partial charge in [0.1, 0.15) is 0 Å². The normalized spacial score (nSPS) is 23.7. The first kappa shape index (κ1) is 16.1. The second-order valence-corrected chi connectivity index (χ2v) is 6.02. The van der Waals surface area contributed by atoms with Crippen molar-refractivity contribution in [1.82, 2.24) is 5.32 Å². The summed E-state index contributed by atoms with van der Waals surface area (Å²) in [6.07, 6.45) is -3.26. The van der Waals surface area contributed by atoms with E-state index in [4.69, 9.17) is 0 Å². The minimum atomic E-state index is -4.27. The number of nitrogens with one attached hydrogen (secondary N) is 1. The van der Waals surface area contributed by atoms with Crippen molar-refractivity contribution in [2.45, 2.75) is 45.5 Å². The molecule has 1 heterocycles. The van der Waals surface area contributed by atoms with Crippen LogP contribution in [0.1, 0.15) is 32.8 Å². The summed E-state index contributed by atoms with van der Waals surface area (Å²) in [4.78, 5) is 2.25. The second kappa shape index (κ2) is 6.26. The molecule has 0 spiro atoms. The molecule has 2 rings (SSSR count). The van der Waals surface area contributed by atoms with Crippen LogP contribution in [0, 0.1) is 5.92 Å². The van der Waals surface area contributed by atoms with Gasteiger partial charge in [-0.05, 0) is 36.6 Å². The fraction of sp³-hybridized carbons (Fsp3) is 0.625. The average Bonchev–Trinajstić information content (AvgIpc) is 2.45. The number of piperazine rings is 1. The Morgan fingerprint density at radius 1 is 1.24 bits per heavy atom. The zero-order valence-corrected chi connectivity index (χ0v) is 12.7. The van der Waals surface area contributed by atoms with Gasteiger partial charge in [-0.2, -0.15) is 13.2 Å². The molecule has 1 aliphatic heterocycles. The van der Waals surface area contributed by atoms with Gasteiger partial charge in [0.25, 0.3) is 0 Å². The van der Waals surface area contributed by atoms with Gasteiger partial charge in [0.2, 0.25) is 0 Å². The van der Waals surface area contributed by atoms with Gasteiger partial charge < -0.3 is 10.2 Å². The first-order valence-corrected chi connectivity index (χ1v) is 7.50. The first-order chi connectivity index (χ1) is 9.82. The van der Waals surface area contributed by atoms with Gasteiger partial charge in [-0.3, -0.25) is 0 Å². The van der Waals surface area contributed by atoms with Crippen LogP contribution in [0.15, 0.2) is 24.3 Å². The molecule has 1 fully saturated rings. The highest BCUT2D eigenvalue weighted by Crippen LogP contribution is 2.32. The third kappa shape index (κ3) is 3.70. The molecule has 0 aromatic heterocycles. The molecule has 1 aliphatic rings. The molecule has 118 valence electrons. The van der Waals surface area contributed by atoms with Crippen molar-refractivity contribution in [3.8, 4) is 0 Å². The second-order valence-electron chi connectivity index (χ2n) is 6.02. The highest BCUT2D eigenvalue weighted by molar-refractivity contribution is 5.50. The molecule has 1 saturated heterocycles. The molecule has 21 heavy (non-hydrogen) atoms. The molecule has 2 atom stereocenters. The molecule has 2 nitrogen and oxygen atoms in total. The van der Waals surface area contributed by atoms with Gasteiger partial charge in [-0.1, -0.05) is 20.8 Å². The Labute approximate surface area is 124 Å². The van der Waals surface area contributed by atoms with Gasteiger partial charge in [0, 0.05) is 30.9 Å². The van der Waals surface area contributed by atoms with Crippen molar-refractivity contribution in [2.24, 2.45) is 5.92 Å². The Hall–Kier alpha value is -1.23. The van der Waals surface area contributed by atoms with Crippen molar-refractivity contribution in [3.63, 3.8) is 0 Å². The largest absolute Gasteiger partial charge is 0.416 e. The Bertz CT molecular complexity index is 454. The van der Waals surface area contributed by atoms with Crippen molar-refractivity contribution in [3.05, 3.63) is 29.8 Å². The Kier molecular flexibility index (Phi) is 4.81. The minimum Gasteiger partial charge on any atom is -0.365 e. The molecule has 0 radical (unpaired) electrons. The van der Waals surface area contributed by atoms with Gasteiger partial charge in [0.15, 0.2) is 0 Å². The number of hydrogen-bond donors (Lipinski definition) is 1. The summed E-state index contributed by atoms with van der Waals surface area (Å²) in [5.74, 6) is 0.442. The molecule has 1 N–H and O–H groups in total. The van der Waals surface area contributed by atoms with E-state index in [0.717, 1.165) is 25.2 Å². The third-order valence-electron chi connectivity index (χ3n) is 4.22. The summed E-state index contributed by atoms with van der Waals surface area (Å²) < 4.78 is 38.0. The lowest BCUT2D eigenvalue weighted by Crippen LogP contribution is -2.58. The van der Waals surface area contributed by atoms with Crippen LogP contribution >= 0.6 is 0 Å². The smallest absolute Gasteiger partial charge is 0.365 e. The number of nitrogens with zero attached hydrogens (tertiary/aromatic N) is 1. The molecule has 0 bridgehead atoms. The van der Waals surface area contributed by atoms with E-state index in [1.165, 1.54) is 12.1 Å². The van der Waals surface area contributed by atoms with Gasteiger partial charge in [-0.15, -0.1) is 0 Å². The lowest BCUT2D eigenvalue weighted by Gasteiger charge is -2.44. The number of halogens is 3. The summed E-state index contributed by atoms with van der Waals surface area (Å²) >= 11 is 0. The van der Waals surface area contributed by atoms with E-state index in [1.54, 1.807) is 12.1 Å². The van der Waals surface area contributed by atoms with Crippen LogP contribution in [0.3, 0.4) is 0 Å². The lowest BCUT2D eigenvalue weighted by molar-refractivity contribution is -0.137. The van der Waals surface area contributed by atoms with E-state index in [1.807, 2.05) is 0 Å². The maximum atomic E-state index is 12.7. The average molecular weight is 300 g/mol. The summed E-state index contributed by atoms with van der Waals surface area (Å²) in [6.45, 7) is 8.13.